The van der Waals surface area contributed by atoms with E-state index in [1.807, 2.05) is 13.0 Å². The van der Waals surface area contributed by atoms with Gasteiger partial charge in [-0.3, -0.25) is 4.79 Å². The van der Waals surface area contributed by atoms with E-state index in [0.717, 1.165) is 12.0 Å². The molecule has 2 aromatic carbocycles. The van der Waals surface area contributed by atoms with Crippen LogP contribution < -0.4 is 15.4 Å². The number of hydrogen-bond donors (Lipinski definition) is 2. The summed E-state index contributed by atoms with van der Waals surface area (Å²) in [4.78, 5) is 12.0. The van der Waals surface area contributed by atoms with E-state index in [1.165, 1.54) is 12.1 Å². The first-order valence-corrected chi connectivity index (χ1v) is 8.30. The van der Waals surface area contributed by atoms with Gasteiger partial charge in [-0.25, -0.2) is 0 Å². The molecule has 0 aliphatic heterocycles. The van der Waals surface area contributed by atoms with Gasteiger partial charge in [0.15, 0.2) is 0 Å². The van der Waals surface area contributed by atoms with E-state index in [4.69, 9.17) is 0 Å². The smallest absolute Gasteiger partial charge is 0.405 e. The number of para-hydroxylation sites is 1. The second-order valence-electron chi connectivity index (χ2n) is 5.72. The van der Waals surface area contributed by atoms with Crippen LogP contribution in [0.25, 0.3) is 0 Å². The molecule has 0 aliphatic rings. The third kappa shape index (κ3) is 6.40. The lowest BCUT2D eigenvalue weighted by Gasteiger charge is -2.14. The van der Waals surface area contributed by atoms with Crippen LogP contribution in [-0.4, -0.2) is 18.8 Å². The first kappa shape index (κ1) is 19.8. The Hall–Kier alpha value is -2.54. The highest BCUT2D eigenvalue weighted by molar-refractivity contribution is 5.94. The number of halogens is 3. The molecule has 0 unspecified atom stereocenters. The summed E-state index contributed by atoms with van der Waals surface area (Å²) in [5.74, 6) is -0.363. The lowest BCUT2D eigenvalue weighted by atomic mass is 10.1. The van der Waals surface area contributed by atoms with E-state index in [9.17, 15) is 18.0 Å². The number of carbonyl (C=O) groups excluding carboxylic acids is 1. The number of alkyl halides is 3. The van der Waals surface area contributed by atoms with Gasteiger partial charge in [0.1, 0.15) is 5.75 Å². The van der Waals surface area contributed by atoms with Gasteiger partial charge in [0.2, 0.25) is 0 Å². The average molecular weight is 366 g/mol. The Kier molecular flexibility index (Phi) is 7.03. The molecule has 2 N–H and O–H groups in total. The van der Waals surface area contributed by atoms with Crippen LogP contribution >= 0.6 is 0 Å². The standard InChI is InChI=1S/C19H21F3N2O2/c1-2-10-24-18(25)15-8-5-6-14(11-15)12-23-13-16-7-3-4-9-17(16)26-19(20,21)22/h3-9,11,23H,2,10,12-13H2,1H3,(H,24,25). The van der Waals surface area contributed by atoms with Crippen molar-refractivity contribution in [2.24, 2.45) is 0 Å². The van der Waals surface area contributed by atoms with Crippen molar-refractivity contribution in [3.8, 4) is 5.75 Å². The third-order valence-corrected chi connectivity index (χ3v) is 3.57. The molecule has 0 spiro atoms. The number of hydrogen-bond acceptors (Lipinski definition) is 3. The van der Waals surface area contributed by atoms with Crippen LogP contribution in [0.4, 0.5) is 13.2 Å². The molecule has 0 saturated carbocycles. The van der Waals surface area contributed by atoms with Crippen molar-refractivity contribution < 1.29 is 22.7 Å². The van der Waals surface area contributed by atoms with Gasteiger partial charge in [0.05, 0.1) is 0 Å². The molecule has 26 heavy (non-hydrogen) atoms. The van der Waals surface area contributed by atoms with Crippen LogP contribution in [0.3, 0.4) is 0 Å². The van der Waals surface area contributed by atoms with Crippen molar-refractivity contribution in [1.29, 1.82) is 0 Å². The zero-order chi connectivity index (χ0) is 19.0. The summed E-state index contributed by atoms with van der Waals surface area (Å²) in [6.07, 6.45) is -3.87. The van der Waals surface area contributed by atoms with Crippen LogP contribution in [0, 0.1) is 0 Å². The van der Waals surface area contributed by atoms with Gasteiger partial charge >= 0.3 is 6.36 Å². The van der Waals surface area contributed by atoms with Crippen molar-refractivity contribution in [3.05, 3.63) is 65.2 Å². The fraction of sp³-hybridized carbons (Fsp3) is 0.316. The van der Waals surface area contributed by atoms with Crippen LogP contribution in [0.5, 0.6) is 5.75 Å². The van der Waals surface area contributed by atoms with Crippen molar-refractivity contribution in [2.45, 2.75) is 32.8 Å². The molecule has 0 radical (unpaired) electrons. The molecular formula is C19H21F3N2O2. The molecule has 7 heteroatoms. The summed E-state index contributed by atoms with van der Waals surface area (Å²) in [6.45, 7) is 3.20. The SMILES string of the molecule is CCCNC(=O)c1cccc(CNCc2ccccc2OC(F)(F)F)c1. The summed E-state index contributed by atoms with van der Waals surface area (Å²) in [6, 6.07) is 13.1. The fourth-order valence-corrected chi connectivity index (χ4v) is 2.38. The predicted octanol–water partition coefficient (Wildman–Crippen LogP) is 4.01. The van der Waals surface area contributed by atoms with Crippen LogP contribution in [-0.2, 0) is 13.1 Å². The maximum absolute atomic E-state index is 12.4. The van der Waals surface area contributed by atoms with Gasteiger partial charge < -0.3 is 15.4 Å². The van der Waals surface area contributed by atoms with Crippen molar-refractivity contribution in [2.75, 3.05) is 6.54 Å². The number of rotatable bonds is 8. The van der Waals surface area contributed by atoms with E-state index in [1.54, 1.807) is 30.3 Å². The number of ether oxygens (including phenoxy) is 1. The normalized spacial score (nSPS) is 11.2. The monoisotopic (exact) mass is 366 g/mol. The number of benzene rings is 2. The van der Waals surface area contributed by atoms with Gasteiger partial charge in [-0.15, -0.1) is 13.2 Å². The lowest BCUT2D eigenvalue weighted by Crippen LogP contribution is -2.24. The highest BCUT2D eigenvalue weighted by atomic mass is 19.4. The predicted molar refractivity (Wildman–Crippen MR) is 92.7 cm³/mol. The molecule has 0 atom stereocenters. The molecule has 4 nitrogen and oxygen atoms in total. The van der Waals surface area contributed by atoms with E-state index < -0.39 is 6.36 Å². The van der Waals surface area contributed by atoms with E-state index in [-0.39, 0.29) is 18.2 Å². The van der Waals surface area contributed by atoms with E-state index >= 15 is 0 Å². The topological polar surface area (TPSA) is 50.4 Å². The van der Waals surface area contributed by atoms with Crippen LogP contribution in [0.15, 0.2) is 48.5 Å². The van der Waals surface area contributed by atoms with Crippen LogP contribution in [0.2, 0.25) is 0 Å². The van der Waals surface area contributed by atoms with Gasteiger partial charge in [-0.1, -0.05) is 37.3 Å². The van der Waals surface area contributed by atoms with E-state index in [2.05, 4.69) is 15.4 Å². The molecule has 2 rings (SSSR count). The Bertz CT molecular complexity index is 733. The maximum atomic E-state index is 12.4. The summed E-state index contributed by atoms with van der Waals surface area (Å²) in [7, 11) is 0. The Balaban J connectivity index is 1.95. The summed E-state index contributed by atoms with van der Waals surface area (Å²) in [5, 5.41) is 5.88. The Morgan fingerprint density at radius 3 is 2.58 bits per heavy atom. The average Bonchev–Trinajstić information content (AvgIpc) is 2.60. The number of nitrogens with one attached hydrogen (secondary N) is 2. The van der Waals surface area contributed by atoms with Crippen molar-refractivity contribution in [3.63, 3.8) is 0 Å². The van der Waals surface area contributed by atoms with Gasteiger partial charge in [0.25, 0.3) is 5.91 Å². The second-order valence-corrected chi connectivity index (χ2v) is 5.72. The lowest BCUT2D eigenvalue weighted by molar-refractivity contribution is -0.274. The fourth-order valence-electron chi connectivity index (χ4n) is 2.38. The zero-order valence-electron chi connectivity index (χ0n) is 14.4. The van der Waals surface area contributed by atoms with Gasteiger partial charge in [0, 0.05) is 30.8 Å². The highest BCUT2D eigenvalue weighted by Gasteiger charge is 2.31. The van der Waals surface area contributed by atoms with Gasteiger partial charge in [-0.2, -0.15) is 0 Å². The Morgan fingerprint density at radius 1 is 1.08 bits per heavy atom. The Labute approximate surface area is 150 Å². The zero-order valence-corrected chi connectivity index (χ0v) is 14.4. The minimum Gasteiger partial charge on any atom is -0.405 e. The molecule has 0 saturated heterocycles. The third-order valence-electron chi connectivity index (χ3n) is 3.57. The first-order valence-electron chi connectivity index (χ1n) is 8.30. The molecule has 0 bridgehead atoms. The number of amides is 1. The quantitative estimate of drug-likeness (QED) is 0.742. The molecule has 1 amide bonds. The number of carbonyl (C=O) groups is 1. The molecular weight excluding hydrogens is 345 g/mol. The van der Waals surface area contributed by atoms with Crippen molar-refractivity contribution in [1.82, 2.24) is 10.6 Å². The molecule has 140 valence electrons. The summed E-state index contributed by atoms with van der Waals surface area (Å²) in [5.41, 5.74) is 1.82. The highest BCUT2D eigenvalue weighted by Crippen LogP contribution is 2.26. The Morgan fingerprint density at radius 2 is 1.85 bits per heavy atom. The molecule has 0 fully saturated rings. The minimum absolute atomic E-state index is 0.141. The summed E-state index contributed by atoms with van der Waals surface area (Å²) < 4.78 is 41.3. The minimum atomic E-state index is -4.73. The first-order chi connectivity index (χ1) is 12.4. The van der Waals surface area contributed by atoms with Crippen LogP contribution in [0.1, 0.15) is 34.8 Å². The molecule has 2 aromatic rings. The second kappa shape index (κ2) is 9.24. The molecule has 0 aromatic heterocycles. The largest absolute Gasteiger partial charge is 0.573 e. The maximum Gasteiger partial charge on any atom is 0.573 e. The molecule has 0 aliphatic carbocycles. The van der Waals surface area contributed by atoms with E-state index in [0.29, 0.717) is 24.2 Å². The molecule has 0 heterocycles. The van der Waals surface area contributed by atoms with Gasteiger partial charge in [-0.05, 0) is 30.2 Å². The summed E-state index contributed by atoms with van der Waals surface area (Å²) >= 11 is 0. The van der Waals surface area contributed by atoms with Crippen molar-refractivity contribution >= 4 is 5.91 Å².